The van der Waals surface area contributed by atoms with Crippen molar-refractivity contribution >= 4 is 23.2 Å². The molecule has 3 aromatic rings. The van der Waals surface area contributed by atoms with E-state index in [1.807, 2.05) is 37.3 Å². The van der Waals surface area contributed by atoms with E-state index in [-0.39, 0.29) is 5.91 Å². The van der Waals surface area contributed by atoms with E-state index in [1.54, 1.807) is 6.07 Å². The summed E-state index contributed by atoms with van der Waals surface area (Å²) in [6.45, 7) is 4.53. The van der Waals surface area contributed by atoms with Crippen molar-refractivity contribution in [3.05, 3.63) is 72.1 Å². The maximum absolute atomic E-state index is 12.4. The fourth-order valence-corrected chi connectivity index (χ4v) is 2.51. The smallest absolute Gasteiger partial charge is 0.258 e. The Hall–Kier alpha value is -3.41. The maximum Gasteiger partial charge on any atom is 0.258 e. The summed E-state index contributed by atoms with van der Waals surface area (Å²) >= 11 is 0. The Kier molecular flexibility index (Phi) is 5.99. The number of carbonyl (C=O) groups is 1. The summed E-state index contributed by atoms with van der Waals surface area (Å²) in [6, 6.07) is 15.4. The zero-order valence-corrected chi connectivity index (χ0v) is 15.4. The number of ether oxygens (including phenoxy) is 1. The van der Waals surface area contributed by atoms with Crippen LogP contribution < -0.4 is 15.4 Å². The Morgan fingerprint density at radius 2 is 1.70 bits per heavy atom. The lowest BCUT2D eigenvalue weighted by Gasteiger charge is -2.11. The molecule has 0 spiro atoms. The topological polar surface area (TPSA) is 76.1 Å². The fourth-order valence-electron chi connectivity index (χ4n) is 2.51. The van der Waals surface area contributed by atoms with E-state index < -0.39 is 0 Å². The molecule has 1 aromatic heterocycles. The summed E-state index contributed by atoms with van der Waals surface area (Å²) in [4.78, 5) is 20.9. The highest BCUT2D eigenvalue weighted by Crippen LogP contribution is 2.24. The highest BCUT2D eigenvalue weighted by molar-refractivity contribution is 6.04. The van der Waals surface area contributed by atoms with Crippen molar-refractivity contribution in [2.75, 3.05) is 17.2 Å². The monoisotopic (exact) mass is 362 g/mol. The largest absolute Gasteiger partial charge is 0.492 e. The normalized spacial score (nSPS) is 10.3. The molecular formula is C21H22N4O2. The molecule has 0 saturated heterocycles. The maximum atomic E-state index is 12.4. The second-order valence-corrected chi connectivity index (χ2v) is 5.85. The third-order valence-electron chi connectivity index (χ3n) is 3.97. The van der Waals surface area contributed by atoms with Crippen molar-refractivity contribution < 1.29 is 9.53 Å². The average Bonchev–Trinajstić information content (AvgIpc) is 2.71. The van der Waals surface area contributed by atoms with Crippen LogP contribution in [0.4, 0.5) is 17.3 Å². The molecule has 1 heterocycles. The van der Waals surface area contributed by atoms with Gasteiger partial charge >= 0.3 is 0 Å². The molecule has 0 aliphatic carbocycles. The average molecular weight is 362 g/mol. The Labute approximate surface area is 158 Å². The van der Waals surface area contributed by atoms with Gasteiger partial charge in [-0.15, -0.1) is 0 Å². The first-order valence-corrected chi connectivity index (χ1v) is 8.90. The van der Waals surface area contributed by atoms with E-state index in [2.05, 4.69) is 39.7 Å². The lowest BCUT2D eigenvalue weighted by atomic mass is 10.1. The van der Waals surface area contributed by atoms with Crippen LogP contribution in [0.5, 0.6) is 5.75 Å². The SMILES string of the molecule is CCOc1ccccc1NC(=O)c1cnc(Nc2ccc(CC)cc2)nc1. The molecule has 0 atom stereocenters. The number of para-hydroxylation sites is 2. The first kappa shape index (κ1) is 18.4. The first-order chi connectivity index (χ1) is 13.2. The van der Waals surface area contributed by atoms with Gasteiger partial charge in [0.1, 0.15) is 5.75 Å². The van der Waals surface area contributed by atoms with Gasteiger partial charge in [0.05, 0.1) is 17.9 Å². The molecule has 27 heavy (non-hydrogen) atoms. The van der Waals surface area contributed by atoms with E-state index in [1.165, 1.54) is 18.0 Å². The van der Waals surface area contributed by atoms with Gasteiger partial charge in [0.25, 0.3) is 5.91 Å². The van der Waals surface area contributed by atoms with Crippen LogP contribution in [0.2, 0.25) is 0 Å². The predicted molar refractivity (Wildman–Crippen MR) is 107 cm³/mol. The molecule has 3 rings (SSSR count). The molecule has 0 unspecified atom stereocenters. The Bertz CT molecular complexity index is 893. The zero-order valence-electron chi connectivity index (χ0n) is 15.4. The van der Waals surface area contributed by atoms with Gasteiger partial charge < -0.3 is 15.4 Å². The quantitative estimate of drug-likeness (QED) is 0.650. The van der Waals surface area contributed by atoms with Crippen LogP contribution in [0.3, 0.4) is 0 Å². The predicted octanol–water partition coefficient (Wildman–Crippen LogP) is 4.43. The number of rotatable bonds is 7. The van der Waals surface area contributed by atoms with Crippen molar-refractivity contribution in [3.63, 3.8) is 0 Å². The van der Waals surface area contributed by atoms with Gasteiger partial charge in [0.2, 0.25) is 5.95 Å². The second kappa shape index (κ2) is 8.80. The number of benzene rings is 2. The van der Waals surface area contributed by atoms with Crippen LogP contribution in [0.25, 0.3) is 0 Å². The highest BCUT2D eigenvalue weighted by Gasteiger charge is 2.11. The number of amides is 1. The van der Waals surface area contributed by atoms with Crippen LogP contribution in [0.15, 0.2) is 60.9 Å². The molecule has 0 radical (unpaired) electrons. The first-order valence-electron chi connectivity index (χ1n) is 8.90. The molecule has 2 aromatic carbocycles. The third kappa shape index (κ3) is 4.82. The summed E-state index contributed by atoms with van der Waals surface area (Å²) in [5.74, 6) is 0.773. The third-order valence-corrected chi connectivity index (χ3v) is 3.97. The lowest BCUT2D eigenvalue weighted by molar-refractivity contribution is 0.102. The van der Waals surface area contributed by atoms with Crippen LogP contribution in [0.1, 0.15) is 29.8 Å². The number of nitrogens with one attached hydrogen (secondary N) is 2. The molecule has 0 saturated carbocycles. The minimum absolute atomic E-state index is 0.291. The Morgan fingerprint density at radius 3 is 2.37 bits per heavy atom. The van der Waals surface area contributed by atoms with Crippen molar-refractivity contribution in [3.8, 4) is 5.75 Å². The van der Waals surface area contributed by atoms with E-state index in [0.717, 1.165) is 12.1 Å². The number of anilines is 3. The molecule has 2 N–H and O–H groups in total. The molecular weight excluding hydrogens is 340 g/mol. The lowest BCUT2D eigenvalue weighted by Crippen LogP contribution is -2.14. The van der Waals surface area contributed by atoms with Gasteiger partial charge in [0, 0.05) is 18.1 Å². The summed E-state index contributed by atoms with van der Waals surface area (Å²) in [6.07, 6.45) is 3.98. The van der Waals surface area contributed by atoms with E-state index in [9.17, 15) is 4.79 Å². The minimum Gasteiger partial charge on any atom is -0.492 e. The van der Waals surface area contributed by atoms with Crippen molar-refractivity contribution in [1.82, 2.24) is 9.97 Å². The molecule has 138 valence electrons. The molecule has 6 nitrogen and oxygen atoms in total. The van der Waals surface area contributed by atoms with Gasteiger partial charge in [-0.3, -0.25) is 4.79 Å². The molecule has 0 fully saturated rings. The molecule has 6 heteroatoms. The number of aryl methyl sites for hydroxylation is 1. The van der Waals surface area contributed by atoms with Crippen molar-refractivity contribution in [2.45, 2.75) is 20.3 Å². The van der Waals surface area contributed by atoms with Crippen LogP contribution in [0, 0.1) is 0 Å². The van der Waals surface area contributed by atoms with E-state index in [0.29, 0.717) is 29.6 Å². The van der Waals surface area contributed by atoms with Gasteiger partial charge in [-0.1, -0.05) is 31.2 Å². The highest BCUT2D eigenvalue weighted by atomic mass is 16.5. The standard InChI is InChI=1S/C21H22N4O2/c1-3-15-9-11-17(12-10-15)24-21-22-13-16(14-23-21)20(26)25-18-7-5-6-8-19(18)27-4-2/h5-14H,3-4H2,1-2H3,(H,25,26)(H,22,23,24). The zero-order chi connectivity index (χ0) is 19.1. The second-order valence-electron chi connectivity index (χ2n) is 5.85. The number of nitrogens with zero attached hydrogens (tertiary/aromatic N) is 2. The molecule has 0 bridgehead atoms. The summed E-state index contributed by atoms with van der Waals surface area (Å²) in [5.41, 5.74) is 3.15. The summed E-state index contributed by atoms with van der Waals surface area (Å²) in [5, 5.41) is 5.95. The number of hydrogen-bond acceptors (Lipinski definition) is 5. The summed E-state index contributed by atoms with van der Waals surface area (Å²) in [7, 11) is 0. The Morgan fingerprint density at radius 1 is 1.00 bits per heavy atom. The number of aromatic nitrogens is 2. The van der Waals surface area contributed by atoms with Gasteiger partial charge in [-0.05, 0) is 43.2 Å². The van der Waals surface area contributed by atoms with Crippen LogP contribution in [-0.4, -0.2) is 22.5 Å². The Balaban J connectivity index is 1.66. The molecule has 1 amide bonds. The van der Waals surface area contributed by atoms with E-state index >= 15 is 0 Å². The number of hydrogen-bond donors (Lipinski definition) is 2. The fraction of sp³-hybridized carbons (Fsp3) is 0.190. The van der Waals surface area contributed by atoms with Crippen LogP contribution in [-0.2, 0) is 6.42 Å². The summed E-state index contributed by atoms with van der Waals surface area (Å²) < 4.78 is 5.52. The van der Waals surface area contributed by atoms with E-state index in [4.69, 9.17) is 4.74 Å². The van der Waals surface area contributed by atoms with Crippen LogP contribution >= 0.6 is 0 Å². The van der Waals surface area contributed by atoms with Gasteiger partial charge in [0.15, 0.2) is 0 Å². The minimum atomic E-state index is -0.291. The van der Waals surface area contributed by atoms with Gasteiger partial charge in [-0.25, -0.2) is 9.97 Å². The van der Waals surface area contributed by atoms with Crippen molar-refractivity contribution in [1.29, 1.82) is 0 Å². The van der Waals surface area contributed by atoms with Gasteiger partial charge in [-0.2, -0.15) is 0 Å². The molecule has 0 aliphatic heterocycles. The number of carbonyl (C=O) groups excluding carboxylic acids is 1. The molecule has 0 aliphatic rings. The van der Waals surface area contributed by atoms with Crippen molar-refractivity contribution in [2.24, 2.45) is 0 Å².